The Morgan fingerprint density at radius 2 is 1.85 bits per heavy atom. The van der Waals surface area contributed by atoms with Gasteiger partial charge in [-0.15, -0.1) is 0 Å². The Morgan fingerprint density at radius 3 is 2.52 bits per heavy atom. The molecule has 6 nitrogen and oxygen atoms in total. The Morgan fingerprint density at radius 1 is 1.04 bits per heavy atom. The smallest absolute Gasteiger partial charge is 0.220 e. The molecule has 1 atom stereocenters. The Labute approximate surface area is 167 Å². The van der Waals surface area contributed by atoms with Gasteiger partial charge in [-0.05, 0) is 54.7 Å². The van der Waals surface area contributed by atoms with E-state index in [0.29, 0.717) is 46.8 Å². The molecule has 1 aliphatic rings. The minimum Gasteiger partial charge on any atom is -0.493 e. The fourth-order valence-electron chi connectivity index (χ4n) is 3.53. The number of ether oxygens (including phenoxy) is 4. The quantitative estimate of drug-likeness (QED) is 0.864. The molecule has 144 valence electrons. The van der Waals surface area contributed by atoms with E-state index in [4.69, 9.17) is 27.2 Å². The van der Waals surface area contributed by atoms with Gasteiger partial charge < -0.3 is 24.3 Å². The van der Waals surface area contributed by atoms with E-state index < -0.39 is 25.5 Å². The molecule has 2 aromatic carbocycles. The highest BCUT2D eigenvalue weighted by Gasteiger charge is 2.28. The van der Waals surface area contributed by atoms with Crippen molar-refractivity contribution in [1.29, 1.82) is 0 Å². The monoisotopic (exact) mass is 377 g/mol. The number of aryl methyl sites for hydroxylation is 1. The molecule has 0 unspecified atom stereocenters. The minimum atomic E-state index is -2.83. The largest absolute Gasteiger partial charge is 0.493 e. The van der Waals surface area contributed by atoms with Crippen molar-refractivity contribution in [2.75, 3.05) is 35.3 Å². The van der Waals surface area contributed by atoms with Gasteiger partial charge in [-0.25, -0.2) is 0 Å². The molecular formula is C21H25NO5. The first-order valence-corrected chi connectivity index (χ1v) is 8.35. The van der Waals surface area contributed by atoms with Gasteiger partial charge in [-0.1, -0.05) is 6.07 Å². The summed E-state index contributed by atoms with van der Waals surface area (Å²) in [7, 11) is 1.60. The van der Waals surface area contributed by atoms with E-state index in [-0.39, 0.29) is 5.75 Å². The van der Waals surface area contributed by atoms with Crippen LogP contribution in [0.4, 0.5) is 0 Å². The maximum absolute atomic E-state index is 12.9. The van der Waals surface area contributed by atoms with Crippen molar-refractivity contribution in [3.05, 3.63) is 45.6 Å². The Bertz CT molecular complexity index is 1100. The van der Waals surface area contributed by atoms with Crippen molar-refractivity contribution < 1.29 is 27.2 Å². The van der Waals surface area contributed by atoms with Crippen molar-refractivity contribution in [1.82, 2.24) is 5.32 Å². The van der Waals surface area contributed by atoms with Crippen LogP contribution in [0.15, 0.2) is 29.1 Å². The molecule has 0 saturated heterocycles. The molecule has 27 heavy (non-hydrogen) atoms. The van der Waals surface area contributed by atoms with Gasteiger partial charge in [0.1, 0.15) is 0 Å². The second kappa shape index (κ2) is 7.88. The molecule has 0 saturated carbocycles. The Hall–Kier alpha value is -2.73. The van der Waals surface area contributed by atoms with Crippen LogP contribution < -0.4 is 29.7 Å². The zero-order valence-corrected chi connectivity index (χ0v) is 15.3. The average Bonchev–Trinajstić information content (AvgIpc) is 2.94. The summed E-state index contributed by atoms with van der Waals surface area (Å²) >= 11 is 0. The second-order valence-corrected chi connectivity index (χ2v) is 6.09. The summed E-state index contributed by atoms with van der Waals surface area (Å²) in [5.41, 5.74) is 1.56. The molecule has 2 aromatic rings. The maximum Gasteiger partial charge on any atom is 0.220 e. The van der Waals surface area contributed by atoms with Crippen molar-refractivity contribution in [3.63, 3.8) is 0 Å². The summed E-state index contributed by atoms with van der Waals surface area (Å²) in [4.78, 5) is 12.9. The highest BCUT2D eigenvalue weighted by Crippen LogP contribution is 2.50. The SMILES string of the molecule is [2H]C([2H])([2H])N[C@@H]1CCc2cc(OC)c(OC)c(OC)c2-c2ccc(OC([2H])([2H])[2H])c(=O)cc21. The molecule has 6 heteroatoms. The van der Waals surface area contributed by atoms with Crippen LogP contribution in [-0.4, -0.2) is 35.3 Å². The van der Waals surface area contributed by atoms with Crippen molar-refractivity contribution in [2.24, 2.45) is 0 Å². The summed E-state index contributed by atoms with van der Waals surface area (Å²) in [6.07, 6.45) is 0.793. The first-order valence-electron chi connectivity index (χ1n) is 11.4. The predicted octanol–water partition coefficient (Wildman–Crippen LogP) is 2.95. The van der Waals surface area contributed by atoms with E-state index in [1.807, 2.05) is 0 Å². The van der Waals surface area contributed by atoms with Gasteiger partial charge in [-0.2, -0.15) is 0 Å². The Kier molecular flexibility index (Phi) is 3.68. The molecule has 0 heterocycles. The summed E-state index contributed by atoms with van der Waals surface area (Å²) in [6, 6.07) is 5.06. The lowest BCUT2D eigenvalue weighted by atomic mass is 9.95. The topological polar surface area (TPSA) is 66.0 Å². The van der Waals surface area contributed by atoms with Gasteiger partial charge in [0.2, 0.25) is 11.2 Å². The standard InChI is InChI=1S/C21H25NO5/c1-22-15-8-6-12-10-18(25-3)20(26-4)21(27-5)19(12)13-7-9-17(24-2)16(23)11-14(13)15/h7,9-11,15,22H,6,8H2,1-5H3/t15-/m1/s1/i1D3,2D3. The van der Waals surface area contributed by atoms with Gasteiger partial charge in [0.15, 0.2) is 17.2 Å². The van der Waals surface area contributed by atoms with E-state index in [2.05, 4.69) is 5.32 Å². The lowest BCUT2D eigenvalue weighted by Gasteiger charge is -2.19. The van der Waals surface area contributed by atoms with Gasteiger partial charge in [0.05, 0.1) is 32.5 Å². The third-order valence-electron chi connectivity index (χ3n) is 4.78. The molecule has 0 amide bonds. The van der Waals surface area contributed by atoms with Gasteiger partial charge in [-0.3, -0.25) is 4.79 Å². The third-order valence-corrected chi connectivity index (χ3v) is 4.78. The van der Waals surface area contributed by atoms with E-state index in [1.165, 1.54) is 39.5 Å². The van der Waals surface area contributed by atoms with Crippen molar-refractivity contribution in [3.8, 4) is 34.1 Å². The van der Waals surface area contributed by atoms with Crippen molar-refractivity contribution >= 4 is 0 Å². The lowest BCUT2D eigenvalue weighted by molar-refractivity contribution is 0.324. The number of hydrogen-bond acceptors (Lipinski definition) is 6. The van der Waals surface area contributed by atoms with Crippen LogP contribution >= 0.6 is 0 Å². The minimum absolute atomic E-state index is 0.333. The predicted molar refractivity (Wildman–Crippen MR) is 104 cm³/mol. The van der Waals surface area contributed by atoms with E-state index in [1.54, 1.807) is 6.07 Å². The number of fused-ring (bicyclic) bond motifs is 3. The van der Waals surface area contributed by atoms with Crippen LogP contribution in [0, 0.1) is 0 Å². The molecule has 0 fully saturated rings. The average molecular weight is 377 g/mol. The third kappa shape index (κ3) is 3.21. The van der Waals surface area contributed by atoms with Crippen LogP contribution in [0.3, 0.4) is 0 Å². The molecular weight excluding hydrogens is 346 g/mol. The Balaban J connectivity index is 2.38. The molecule has 0 aromatic heterocycles. The van der Waals surface area contributed by atoms with Gasteiger partial charge in [0, 0.05) is 15.7 Å². The van der Waals surface area contributed by atoms with E-state index in [0.717, 1.165) is 5.56 Å². The highest BCUT2D eigenvalue weighted by atomic mass is 16.5. The summed E-state index contributed by atoms with van der Waals surface area (Å²) in [5.74, 6) is 0.740. The van der Waals surface area contributed by atoms with E-state index >= 15 is 0 Å². The van der Waals surface area contributed by atoms with E-state index in [9.17, 15) is 4.79 Å². The fraction of sp³-hybridized carbons (Fsp3) is 0.381. The molecule has 0 radical (unpaired) electrons. The highest BCUT2D eigenvalue weighted by molar-refractivity contribution is 5.82. The number of hydrogen-bond donors (Lipinski definition) is 1. The fourth-order valence-corrected chi connectivity index (χ4v) is 3.53. The normalized spacial score (nSPS) is 19.4. The second-order valence-electron chi connectivity index (χ2n) is 6.09. The number of methoxy groups -OCH3 is 4. The first-order chi connectivity index (χ1) is 15.4. The lowest BCUT2D eigenvalue weighted by Crippen LogP contribution is -2.17. The van der Waals surface area contributed by atoms with Crippen LogP contribution in [0.2, 0.25) is 0 Å². The summed E-state index contributed by atoms with van der Waals surface area (Å²) in [5, 5.41) is 2.60. The van der Waals surface area contributed by atoms with Crippen LogP contribution in [0.5, 0.6) is 23.0 Å². The van der Waals surface area contributed by atoms with Crippen LogP contribution in [0.25, 0.3) is 11.1 Å². The molecule has 0 spiro atoms. The molecule has 0 aliphatic heterocycles. The summed E-state index contributed by atoms with van der Waals surface area (Å²) in [6.45, 7) is -2.48. The number of nitrogens with one attached hydrogen (secondary N) is 1. The van der Waals surface area contributed by atoms with Crippen LogP contribution in [-0.2, 0) is 6.42 Å². The maximum atomic E-state index is 12.9. The molecule has 0 bridgehead atoms. The number of rotatable bonds is 5. The van der Waals surface area contributed by atoms with Gasteiger partial charge in [0.25, 0.3) is 0 Å². The van der Waals surface area contributed by atoms with Crippen molar-refractivity contribution in [2.45, 2.75) is 18.9 Å². The zero-order valence-electron chi connectivity index (χ0n) is 21.3. The zero-order chi connectivity index (χ0) is 24.6. The molecule has 1 N–H and O–H groups in total. The molecule has 1 aliphatic carbocycles. The van der Waals surface area contributed by atoms with Gasteiger partial charge >= 0.3 is 0 Å². The molecule has 3 rings (SSSR count). The first kappa shape index (κ1) is 12.6. The number of benzene rings is 1. The summed E-state index contributed by atoms with van der Waals surface area (Å²) < 4.78 is 66.6. The van der Waals surface area contributed by atoms with Crippen LogP contribution in [0.1, 0.15) is 31.8 Å².